The average molecular weight is 370 g/mol. The first-order chi connectivity index (χ1) is 6.09. The van der Waals surface area contributed by atoms with Crippen LogP contribution in [0.15, 0.2) is 19.5 Å². The van der Waals surface area contributed by atoms with Gasteiger partial charge in [-0.15, -0.1) is 0 Å². The Kier molecular flexibility index (Phi) is 2.46. The number of benzene rings is 1. The highest BCUT2D eigenvalue weighted by Gasteiger charge is 2.11. The lowest BCUT2D eigenvalue weighted by Crippen LogP contribution is -1.90. The van der Waals surface area contributed by atoms with Crippen LogP contribution in [0, 0.1) is 0 Å². The van der Waals surface area contributed by atoms with E-state index in [0.29, 0.717) is 0 Å². The molecule has 0 spiro atoms. The zero-order valence-corrected chi connectivity index (χ0v) is 11.3. The molecule has 1 aromatic heterocycles. The third kappa shape index (κ3) is 1.55. The van der Waals surface area contributed by atoms with Crippen LogP contribution in [-0.2, 0) is 7.05 Å². The SMILES string of the molecule is Cn1nc2c(Br)cc(Br)c(Br)c2n1. The fourth-order valence-corrected chi connectivity index (χ4v) is 2.67. The van der Waals surface area contributed by atoms with E-state index in [1.165, 1.54) is 0 Å². The lowest BCUT2D eigenvalue weighted by molar-refractivity contribution is 0.665. The summed E-state index contributed by atoms with van der Waals surface area (Å²) in [7, 11) is 1.80. The monoisotopic (exact) mass is 367 g/mol. The van der Waals surface area contributed by atoms with Gasteiger partial charge in [0.15, 0.2) is 0 Å². The van der Waals surface area contributed by atoms with Gasteiger partial charge >= 0.3 is 0 Å². The molecule has 0 saturated carbocycles. The first kappa shape index (κ1) is 9.61. The van der Waals surface area contributed by atoms with Gasteiger partial charge in [0.2, 0.25) is 0 Å². The fourth-order valence-electron chi connectivity index (χ4n) is 1.07. The van der Waals surface area contributed by atoms with Crippen LogP contribution in [0.5, 0.6) is 0 Å². The summed E-state index contributed by atoms with van der Waals surface area (Å²) in [5.41, 5.74) is 1.71. The standard InChI is InChI=1S/C7H4Br3N3/c1-13-11-6-4(9)2-3(8)5(10)7(6)12-13/h2H,1H3. The lowest BCUT2D eigenvalue weighted by atomic mass is 10.3. The van der Waals surface area contributed by atoms with Crippen molar-refractivity contribution in [3.63, 3.8) is 0 Å². The van der Waals surface area contributed by atoms with Crippen LogP contribution >= 0.6 is 47.8 Å². The Bertz CT molecular complexity index is 477. The molecule has 0 aliphatic carbocycles. The maximum atomic E-state index is 4.23. The number of hydrogen-bond donors (Lipinski definition) is 0. The van der Waals surface area contributed by atoms with E-state index < -0.39 is 0 Å². The second-order valence-electron chi connectivity index (χ2n) is 2.54. The van der Waals surface area contributed by atoms with Gasteiger partial charge in [0.05, 0.1) is 4.47 Å². The number of nitrogens with zero attached hydrogens (tertiary/aromatic N) is 3. The highest BCUT2D eigenvalue weighted by molar-refractivity contribution is 9.13. The summed E-state index contributed by atoms with van der Waals surface area (Å²) in [5, 5.41) is 8.46. The average Bonchev–Trinajstić information content (AvgIpc) is 2.44. The minimum atomic E-state index is 0.851. The van der Waals surface area contributed by atoms with Crippen molar-refractivity contribution in [2.45, 2.75) is 0 Å². The molecule has 0 amide bonds. The Morgan fingerprint density at radius 2 is 1.69 bits per heavy atom. The van der Waals surface area contributed by atoms with Crippen LogP contribution in [0.4, 0.5) is 0 Å². The van der Waals surface area contributed by atoms with E-state index in [9.17, 15) is 0 Å². The molecular weight excluding hydrogens is 366 g/mol. The van der Waals surface area contributed by atoms with E-state index in [1.807, 2.05) is 6.07 Å². The van der Waals surface area contributed by atoms with E-state index in [1.54, 1.807) is 11.8 Å². The third-order valence-corrected chi connectivity index (χ3v) is 4.18. The van der Waals surface area contributed by atoms with Crippen molar-refractivity contribution in [1.82, 2.24) is 15.0 Å². The minimum Gasteiger partial charge on any atom is -0.187 e. The molecule has 0 N–H and O–H groups in total. The molecule has 0 saturated heterocycles. The van der Waals surface area contributed by atoms with E-state index in [2.05, 4.69) is 58.0 Å². The molecule has 1 aromatic carbocycles. The summed E-state index contributed by atoms with van der Waals surface area (Å²) in [4.78, 5) is 1.55. The van der Waals surface area contributed by atoms with Gasteiger partial charge in [-0.3, -0.25) is 0 Å². The van der Waals surface area contributed by atoms with Crippen LogP contribution in [0.1, 0.15) is 0 Å². The molecular formula is C7H4Br3N3. The maximum absolute atomic E-state index is 4.23. The Balaban J connectivity index is 2.95. The molecule has 0 atom stereocenters. The molecule has 1 heterocycles. The second kappa shape index (κ2) is 3.33. The van der Waals surface area contributed by atoms with Gasteiger partial charge in [-0.05, 0) is 53.9 Å². The van der Waals surface area contributed by atoms with Gasteiger partial charge in [0.25, 0.3) is 0 Å². The highest BCUT2D eigenvalue weighted by Crippen LogP contribution is 2.34. The highest BCUT2D eigenvalue weighted by atomic mass is 79.9. The van der Waals surface area contributed by atoms with Crippen molar-refractivity contribution >= 4 is 58.8 Å². The number of aryl methyl sites for hydroxylation is 1. The molecule has 0 aliphatic heterocycles. The predicted octanol–water partition coefficient (Wildman–Crippen LogP) is 3.26. The lowest BCUT2D eigenvalue weighted by Gasteiger charge is -1.97. The number of rotatable bonds is 0. The van der Waals surface area contributed by atoms with Gasteiger partial charge in [-0.2, -0.15) is 15.0 Å². The van der Waals surface area contributed by atoms with Crippen molar-refractivity contribution in [2.75, 3.05) is 0 Å². The zero-order chi connectivity index (χ0) is 9.59. The van der Waals surface area contributed by atoms with Crippen LogP contribution in [0.2, 0.25) is 0 Å². The van der Waals surface area contributed by atoms with Crippen LogP contribution in [-0.4, -0.2) is 15.0 Å². The normalized spacial score (nSPS) is 11.1. The van der Waals surface area contributed by atoms with E-state index in [-0.39, 0.29) is 0 Å². The topological polar surface area (TPSA) is 30.7 Å². The third-order valence-electron chi connectivity index (χ3n) is 1.61. The van der Waals surface area contributed by atoms with E-state index in [4.69, 9.17) is 0 Å². The van der Waals surface area contributed by atoms with Gasteiger partial charge in [-0.25, -0.2) is 0 Å². The zero-order valence-electron chi connectivity index (χ0n) is 6.55. The van der Waals surface area contributed by atoms with Crippen molar-refractivity contribution in [3.8, 4) is 0 Å². The van der Waals surface area contributed by atoms with Crippen LogP contribution in [0.3, 0.4) is 0 Å². The molecule has 0 unspecified atom stereocenters. The summed E-state index contributed by atoms with van der Waals surface area (Å²) < 4.78 is 2.83. The fraction of sp³-hybridized carbons (Fsp3) is 0.143. The molecule has 0 fully saturated rings. The van der Waals surface area contributed by atoms with Crippen molar-refractivity contribution < 1.29 is 0 Å². The summed E-state index contributed by atoms with van der Waals surface area (Å²) in [6, 6.07) is 1.95. The maximum Gasteiger partial charge on any atom is 0.129 e. The summed E-state index contributed by atoms with van der Waals surface area (Å²) in [6.45, 7) is 0. The number of hydrogen-bond acceptors (Lipinski definition) is 2. The number of aromatic nitrogens is 3. The molecule has 13 heavy (non-hydrogen) atoms. The van der Waals surface area contributed by atoms with Crippen LogP contribution in [0.25, 0.3) is 11.0 Å². The first-order valence-electron chi connectivity index (χ1n) is 3.44. The van der Waals surface area contributed by atoms with Gasteiger partial charge < -0.3 is 0 Å². The molecule has 0 radical (unpaired) electrons. The Morgan fingerprint density at radius 1 is 1.08 bits per heavy atom. The molecule has 6 heteroatoms. The van der Waals surface area contributed by atoms with E-state index in [0.717, 1.165) is 24.5 Å². The largest absolute Gasteiger partial charge is 0.187 e. The van der Waals surface area contributed by atoms with Crippen molar-refractivity contribution in [3.05, 3.63) is 19.5 Å². The second-order valence-corrected chi connectivity index (χ2v) is 5.04. The number of halogens is 3. The molecule has 2 aromatic rings. The molecule has 0 aliphatic rings. The minimum absolute atomic E-state index is 0.851. The summed E-state index contributed by atoms with van der Waals surface area (Å²) in [6.07, 6.45) is 0. The van der Waals surface area contributed by atoms with Gasteiger partial charge in [0, 0.05) is 16.0 Å². The van der Waals surface area contributed by atoms with Crippen molar-refractivity contribution in [2.24, 2.45) is 7.05 Å². The van der Waals surface area contributed by atoms with Crippen LogP contribution < -0.4 is 0 Å². The Labute approximate surface area is 99.9 Å². The molecule has 68 valence electrons. The van der Waals surface area contributed by atoms with Gasteiger partial charge in [-0.1, -0.05) is 0 Å². The molecule has 2 rings (SSSR count). The number of fused-ring (bicyclic) bond motifs is 1. The smallest absolute Gasteiger partial charge is 0.129 e. The van der Waals surface area contributed by atoms with Crippen molar-refractivity contribution in [1.29, 1.82) is 0 Å². The predicted molar refractivity (Wildman–Crippen MR) is 61.6 cm³/mol. The molecule has 0 bridgehead atoms. The molecule has 3 nitrogen and oxygen atoms in total. The Morgan fingerprint density at radius 3 is 2.38 bits per heavy atom. The summed E-state index contributed by atoms with van der Waals surface area (Å²) >= 11 is 10.3. The van der Waals surface area contributed by atoms with E-state index >= 15 is 0 Å². The van der Waals surface area contributed by atoms with Gasteiger partial charge in [0.1, 0.15) is 11.0 Å². The quantitative estimate of drug-likeness (QED) is 0.667. The summed E-state index contributed by atoms with van der Waals surface area (Å²) in [5.74, 6) is 0. The Hall–Kier alpha value is 0.0600. The first-order valence-corrected chi connectivity index (χ1v) is 5.82.